The third kappa shape index (κ3) is 5.77. The van der Waals surface area contributed by atoms with Gasteiger partial charge in [-0.2, -0.15) is 0 Å². The van der Waals surface area contributed by atoms with E-state index in [2.05, 4.69) is 16.0 Å². The molecule has 2 aromatic carbocycles. The van der Waals surface area contributed by atoms with Crippen molar-refractivity contribution in [2.75, 3.05) is 25.4 Å². The molecule has 0 unspecified atom stereocenters. The Kier molecular flexibility index (Phi) is 7.84. The second-order valence-corrected chi connectivity index (χ2v) is 9.36. The zero-order valence-corrected chi connectivity index (χ0v) is 19.8. The third-order valence-corrected chi connectivity index (χ3v) is 7.07. The molecular formula is C25H28N4O4S. The van der Waals surface area contributed by atoms with Gasteiger partial charge < -0.3 is 14.8 Å². The summed E-state index contributed by atoms with van der Waals surface area (Å²) in [7, 11) is 0. The Morgan fingerprint density at radius 2 is 1.71 bits per heavy atom. The van der Waals surface area contributed by atoms with Gasteiger partial charge in [-0.15, -0.1) is 11.8 Å². The van der Waals surface area contributed by atoms with E-state index >= 15 is 0 Å². The second kappa shape index (κ2) is 11.2. The number of nitro groups is 1. The molecule has 0 aliphatic carbocycles. The molecule has 1 aliphatic rings. The number of fused-ring (bicyclic) bond motifs is 1. The van der Waals surface area contributed by atoms with Gasteiger partial charge in [0.1, 0.15) is 0 Å². The maximum Gasteiger partial charge on any atom is 0.269 e. The van der Waals surface area contributed by atoms with E-state index in [1.54, 1.807) is 11.8 Å². The van der Waals surface area contributed by atoms with Crippen LogP contribution in [0.5, 0.6) is 0 Å². The highest BCUT2D eigenvalue weighted by atomic mass is 32.2. The van der Waals surface area contributed by atoms with Crippen molar-refractivity contribution in [2.45, 2.75) is 37.1 Å². The molecule has 178 valence electrons. The average Bonchev–Trinajstić information content (AvgIpc) is 3.00. The first-order valence-corrected chi connectivity index (χ1v) is 12.5. The lowest BCUT2D eigenvalue weighted by Crippen LogP contribution is -2.33. The summed E-state index contributed by atoms with van der Waals surface area (Å²) in [6, 6.07) is 13.6. The van der Waals surface area contributed by atoms with E-state index in [0.717, 1.165) is 41.7 Å². The first kappa shape index (κ1) is 23.8. The number of nitrogens with zero attached hydrogens (tertiary/aromatic N) is 3. The summed E-state index contributed by atoms with van der Waals surface area (Å²) in [6.45, 7) is 2.69. The lowest BCUT2D eigenvalue weighted by Gasteiger charge is -2.19. The number of hydrogen-bond acceptors (Lipinski definition) is 5. The molecule has 1 aromatic heterocycles. The average molecular weight is 481 g/mol. The highest BCUT2D eigenvalue weighted by molar-refractivity contribution is 8.00. The molecule has 0 spiro atoms. The van der Waals surface area contributed by atoms with Gasteiger partial charge in [-0.3, -0.25) is 19.7 Å². The van der Waals surface area contributed by atoms with Crippen molar-refractivity contribution >= 4 is 40.2 Å². The van der Waals surface area contributed by atoms with Crippen molar-refractivity contribution in [3.63, 3.8) is 0 Å². The molecule has 1 aliphatic heterocycles. The van der Waals surface area contributed by atoms with Crippen LogP contribution in [-0.4, -0.2) is 51.6 Å². The summed E-state index contributed by atoms with van der Waals surface area (Å²) in [5.74, 6) is 0.341. The molecule has 1 saturated heterocycles. The Hall–Kier alpha value is -3.33. The highest BCUT2D eigenvalue weighted by Gasteiger charge is 2.17. The number of aromatic nitrogens is 1. The van der Waals surface area contributed by atoms with Crippen LogP contribution in [0, 0.1) is 10.1 Å². The summed E-state index contributed by atoms with van der Waals surface area (Å²) < 4.78 is 2.09. The van der Waals surface area contributed by atoms with Gasteiger partial charge in [0.25, 0.3) is 11.6 Å². The molecule has 1 N–H and O–H groups in total. The van der Waals surface area contributed by atoms with Gasteiger partial charge in [-0.25, -0.2) is 0 Å². The fourth-order valence-electron chi connectivity index (χ4n) is 4.19. The number of carbonyl (C=O) groups excluding carboxylic acids is 2. The number of likely N-dealkylation sites (tertiary alicyclic amines) is 1. The SMILES string of the molecule is O=C(NCCn1cc(SCC(=O)N2CCCCCC2)c2ccccc21)c1ccc([N+](=O)[O-])cc1. The van der Waals surface area contributed by atoms with Gasteiger partial charge in [0.05, 0.1) is 10.7 Å². The Morgan fingerprint density at radius 3 is 2.41 bits per heavy atom. The quantitative estimate of drug-likeness (QED) is 0.291. The van der Waals surface area contributed by atoms with Crippen LogP contribution in [0.3, 0.4) is 0 Å². The lowest BCUT2D eigenvalue weighted by atomic mass is 10.2. The van der Waals surface area contributed by atoms with E-state index in [0.29, 0.717) is 24.4 Å². The first-order chi connectivity index (χ1) is 16.5. The van der Waals surface area contributed by atoms with E-state index in [9.17, 15) is 19.7 Å². The van der Waals surface area contributed by atoms with E-state index in [1.807, 2.05) is 29.3 Å². The van der Waals surface area contributed by atoms with Crippen LogP contribution in [-0.2, 0) is 11.3 Å². The Bertz CT molecular complexity index is 1170. The number of carbonyl (C=O) groups is 2. The van der Waals surface area contributed by atoms with Crippen LogP contribution < -0.4 is 5.32 Å². The molecule has 34 heavy (non-hydrogen) atoms. The Morgan fingerprint density at radius 1 is 1.00 bits per heavy atom. The van der Waals surface area contributed by atoms with Crippen molar-refractivity contribution in [3.05, 3.63) is 70.4 Å². The van der Waals surface area contributed by atoms with Gasteiger partial charge in [0.2, 0.25) is 5.91 Å². The van der Waals surface area contributed by atoms with Crippen molar-refractivity contribution < 1.29 is 14.5 Å². The van der Waals surface area contributed by atoms with Crippen molar-refractivity contribution in [1.29, 1.82) is 0 Å². The second-order valence-electron chi connectivity index (χ2n) is 8.35. The van der Waals surface area contributed by atoms with Crippen LogP contribution in [0.1, 0.15) is 36.0 Å². The number of para-hydroxylation sites is 1. The number of benzene rings is 2. The van der Waals surface area contributed by atoms with Crippen molar-refractivity contribution in [1.82, 2.24) is 14.8 Å². The molecule has 4 rings (SSSR count). The maximum atomic E-state index is 12.7. The maximum absolute atomic E-state index is 12.7. The predicted molar refractivity (Wildman–Crippen MR) is 133 cm³/mol. The number of nitrogens with one attached hydrogen (secondary N) is 1. The van der Waals surface area contributed by atoms with E-state index < -0.39 is 4.92 Å². The topological polar surface area (TPSA) is 97.5 Å². The van der Waals surface area contributed by atoms with Crippen molar-refractivity contribution in [3.8, 4) is 0 Å². The number of rotatable bonds is 8. The monoisotopic (exact) mass is 480 g/mol. The molecular weight excluding hydrogens is 452 g/mol. The van der Waals surface area contributed by atoms with Crippen LogP contribution in [0.4, 0.5) is 5.69 Å². The number of non-ortho nitro benzene ring substituents is 1. The zero-order chi connectivity index (χ0) is 23.9. The van der Waals surface area contributed by atoms with Crippen LogP contribution >= 0.6 is 11.8 Å². The normalized spacial score (nSPS) is 14.1. The van der Waals surface area contributed by atoms with Crippen LogP contribution in [0.25, 0.3) is 10.9 Å². The minimum Gasteiger partial charge on any atom is -0.350 e. The van der Waals surface area contributed by atoms with E-state index in [4.69, 9.17) is 0 Å². The van der Waals surface area contributed by atoms with Gasteiger partial charge in [-0.1, -0.05) is 31.0 Å². The van der Waals surface area contributed by atoms with Crippen molar-refractivity contribution in [2.24, 2.45) is 0 Å². The molecule has 1 fully saturated rings. The number of amides is 2. The summed E-state index contributed by atoms with van der Waals surface area (Å²) in [4.78, 5) is 38.5. The number of thioether (sulfide) groups is 1. The minimum atomic E-state index is -0.490. The zero-order valence-electron chi connectivity index (χ0n) is 18.9. The lowest BCUT2D eigenvalue weighted by molar-refractivity contribution is -0.384. The largest absolute Gasteiger partial charge is 0.350 e. The van der Waals surface area contributed by atoms with Gasteiger partial charge in [0.15, 0.2) is 0 Å². The van der Waals surface area contributed by atoms with Crippen LogP contribution in [0.15, 0.2) is 59.6 Å². The first-order valence-electron chi connectivity index (χ1n) is 11.5. The molecule has 0 bridgehead atoms. The minimum absolute atomic E-state index is 0.0466. The molecule has 0 atom stereocenters. The number of nitro benzene ring substituents is 1. The summed E-state index contributed by atoms with van der Waals surface area (Å²) in [5.41, 5.74) is 1.39. The van der Waals surface area contributed by atoms with Gasteiger partial charge in [0, 0.05) is 65.9 Å². The fourth-order valence-corrected chi connectivity index (χ4v) is 5.18. The molecule has 2 heterocycles. The molecule has 3 aromatic rings. The summed E-state index contributed by atoms with van der Waals surface area (Å²) in [6.07, 6.45) is 6.61. The number of hydrogen-bond donors (Lipinski definition) is 1. The fraction of sp³-hybridized carbons (Fsp3) is 0.360. The Balaban J connectivity index is 1.37. The van der Waals surface area contributed by atoms with Gasteiger partial charge >= 0.3 is 0 Å². The molecule has 0 radical (unpaired) electrons. The molecule has 8 nitrogen and oxygen atoms in total. The van der Waals surface area contributed by atoms with E-state index in [1.165, 1.54) is 37.1 Å². The summed E-state index contributed by atoms with van der Waals surface area (Å²) in [5, 5.41) is 14.7. The van der Waals surface area contributed by atoms with Crippen LogP contribution in [0.2, 0.25) is 0 Å². The molecule has 2 amide bonds. The Labute approximate surface area is 202 Å². The third-order valence-electron chi connectivity index (χ3n) is 6.04. The standard InChI is InChI=1S/C25H28N4O4S/c30-24(27-14-5-1-2-6-15-27)18-34-23-17-28(22-8-4-3-7-21(22)23)16-13-26-25(31)19-9-11-20(12-10-19)29(32)33/h3-4,7-12,17H,1-2,5-6,13-16,18H2,(H,26,31). The smallest absolute Gasteiger partial charge is 0.269 e. The van der Waals surface area contributed by atoms with Gasteiger partial charge in [-0.05, 0) is 31.0 Å². The molecule has 0 saturated carbocycles. The predicted octanol–water partition coefficient (Wildman–Crippen LogP) is 4.47. The highest BCUT2D eigenvalue weighted by Crippen LogP contribution is 2.30. The molecule has 9 heteroatoms. The summed E-state index contributed by atoms with van der Waals surface area (Å²) >= 11 is 1.57. The van der Waals surface area contributed by atoms with E-state index in [-0.39, 0.29) is 17.5 Å².